The molecule has 1 heterocycles. The van der Waals surface area contributed by atoms with Gasteiger partial charge in [0.2, 0.25) is 11.8 Å². The third kappa shape index (κ3) is 3.44. The highest BCUT2D eigenvalue weighted by molar-refractivity contribution is 6.07. The highest BCUT2D eigenvalue weighted by Gasteiger charge is 2.36. The second-order valence-electron chi connectivity index (χ2n) is 6.22. The molecule has 0 radical (unpaired) electrons. The van der Waals surface area contributed by atoms with E-state index in [1.165, 1.54) is 12.0 Å². The lowest BCUT2D eigenvalue weighted by Gasteiger charge is -2.19. The van der Waals surface area contributed by atoms with Gasteiger partial charge in [0.1, 0.15) is 0 Å². The van der Waals surface area contributed by atoms with E-state index in [-0.39, 0.29) is 24.8 Å². The molecule has 2 aromatic rings. The van der Waals surface area contributed by atoms with Gasteiger partial charge in [0, 0.05) is 18.7 Å². The summed E-state index contributed by atoms with van der Waals surface area (Å²) in [4.78, 5) is 38.5. The molecule has 26 heavy (non-hydrogen) atoms. The number of amides is 2. The predicted molar refractivity (Wildman–Crippen MR) is 98.1 cm³/mol. The molecule has 6 nitrogen and oxygen atoms in total. The van der Waals surface area contributed by atoms with Crippen LogP contribution in [-0.4, -0.2) is 31.4 Å². The van der Waals surface area contributed by atoms with Gasteiger partial charge in [0.15, 0.2) is 0 Å². The van der Waals surface area contributed by atoms with Gasteiger partial charge in [-0.25, -0.2) is 4.79 Å². The average Bonchev–Trinajstić information content (AvgIpc) is 3.04. The number of anilines is 2. The van der Waals surface area contributed by atoms with E-state index in [0.29, 0.717) is 11.3 Å². The number of carbonyl (C=O) groups is 3. The molecule has 1 unspecified atom stereocenters. The maximum Gasteiger partial charge on any atom is 0.339 e. The van der Waals surface area contributed by atoms with Gasteiger partial charge in [-0.2, -0.15) is 0 Å². The summed E-state index contributed by atoms with van der Waals surface area (Å²) in [5.74, 6) is -1.38. The van der Waals surface area contributed by atoms with E-state index in [9.17, 15) is 14.4 Å². The molecular weight excluding hydrogens is 332 g/mol. The van der Waals surface area contributed by atoms with Crippen LogP contribution in [0.2, 0.25) is 0 Å². The van der Waals surface area contributed by atoms with E-state index in [0.717, 1.165) is 11.3 Å². The molecular formula is C20H20N2O4. The lowest BCUT2D eigenvalue weighted by atomic mass is 10.1. The fraction of sp³-hybridized carbons (Fsp3) is 0.250. The predicted octanol–water partition coefficient (Wildman–Crippen LogP) is 2.77. The van der Waals surface area contributed by atoms with Crippen LogP contribution in [0.4, 0.5) is 11.4 Å². The monoisotopic (exact) mass is 352 g/mol. The molecule has 3 rings (SSSR count). The van der Waals surface area contributed by atoms with Gasteiger partial charge >= 0.3 is 5.97 Å². The largest absolute Gasteiger partial charge is 0.465 e. The number of esters is 1. The number of para-hydroxylation sites is 2. The number of carbonyl (C=O) groups excluding carboxylic acids is 3. The fourth-order valence-corrected chi connectivity index (χ4v) is 3.06. The summed E-state index contributed by atoms with van der Waals surface area (Å²) in [6.45, 7) is 2.14. The third-order valence-electron chi connectivity index (χ3n) is 4.50. The number of rotatable bonds is 4. The smallest absolute Gasteiger partial charge is 0.339 e. The molecule has 1 fully saturated rings. The van der Waals surface area contributed by atoms with Crippen LogP contribution in [0, 0.1) is 12.8 Å². The summed E-state index contributed by atoms with van der Waals surface area (Å²) in [5.41, 5.74) is 2.47. The summed E-state index contributed by atoms with van der Waals surface area (Å²) in [6.07, 6.45) is 0.104. The molecule has 1 aliphatic rings. The minimum Gasteiger partial charge on any atom is -0.465 e. The third-order valence-corrected chi connectivity index (χ3v) is 4.50. The Kier molecular flexibility index (Phi) is 5.02. The normalized spacial score (nSPS) is 16.5. The van der Waals surface area contributed by atoms with E-state index in [2.05, 4.69) is 5.32 Å². The minimum atomic E-state index is -0.513. The Morgan fingerprint density at radius 2 is 1.81 bits per heavy atom. The van der Waals surface area contributed by atoms with Gasteiger partial charge < -0.3 is 15.0 Å². The Morgan fingerprint density at radius 3 is 2.54 bits per heavy atom. The number of nitrogens with one attached hydrogen (secondary N) is 1. The molecule has 0 aliphatic carbocycles. The lowest BCUT2D eigenvalue weighted by molar-refractivity contribution is -0.122. The van der Waals surface area contributed by atoms with Crippen molar-refractivity contribution in [2.24, 2.45) is 5.92 Å². The molecule has 0 saturated carbocycles. The first kappa shape index (κ1) is 17.7. The number of aryl methyl sites for hydroxylation is 1. The second-order valence-corrected chi connectivity index (χ2v) is 6.22. The van der Waals surface area contributed by atoms with E-state index in [4.69, 9.17) is 4.74 Å². The van der Waals surface area contributed by atoms with Gasteiger partial charge in [-0.15, -0.1) is 0 Å². The summed E-state index contributed by atoms with van der Waals surface area (Å²) in [7, 11) is 1.29. The van der Waals surface area contributed by atoms with Crippen LogP contribution in [0.1, 0.15) is 22.3 Å². The maximum atomic E-state index is 12.6. The van der Waals surface area contributed by atoms with Crippen molar-refractivity contribution in [3.63, 3.8) is 0 Å². The highest BCUT2D eigenvalue weighted by Crippen LogP contribution is 2.29. The van der Waals surface area contributed by atoms with Crippen LogP contribution in [-0.2, 0) is 14.3 Å². The van der Waals surface area contributed by atoms with E-state index in [1.807, 2.05) is 31.2 Å². The summed E-state index contributed by atoms with van der Waals surface area (Å²) < 4.78 is 4.78. The first-order valence-corrected chi connectivity index (χ1v) is 8.35. The van der Waals surface area contributed by atoms with Crippen LogP contribution in [0.25, 0.3) is 0 Å². The van der Waals surface area contributed by atoms with Crippen LogP contribution in [0.5, 0.6) is 0 Å². The van der Waals surface area contributed by atoms with Gasteiger partial charge in [-0.05, 0) is 30.7 Å². The topological polar surface area (TPSA) is 75.7 Å². The van der Waals surface area contributed by atoms with Gasteiger partial charge in [0.25, 0.3) is 0 Å². The van der Waals surface area contributed by atoms with Crippen molar-refractivity contribution < 1.29 is 19.1 Å². The van der Waals surface area contributed by atoms with Gasteiger partial charge in [0.05, 0.1) is 24.3 Å². The molecule has 1 atom stereocenters. The lowest BCUT2D eigenvalue weighted by Crippen LogP contribution is -2.29. The number of ether oxygens (including phenoxy) is 1. The van der Waals surface area contributed by atoms with Crippen LogP contribution in [0.3, 0.4) is 0 Å². The zero-order chi connectivity index (χ0) is 18.7. The van der Waals surface area contributed by atoms with Gasteiger partial charge in [-0.3, -0.25) is 9.59 Å². The van der Waals surface area contributed by atoms with Crippen molar-refractivity contribution >= 4 is 29.2 Å². The van der Waals surface area contributed by atoms with Crippen molar-refractivity contribution in [2.45, 2.75) is 13.3 Å². The minimum absolute atomic E-state index is 0.104. The molecule has 6 heteroatoms. The molecule has 1 N–H and O–H groups in total. The van der Waals surface area contributed by atoms with E-state index >= 15 is 0 Å². The molecule has 0 aromatic heterocycles. The Bertz CT molecular complexity index is 862. The number of hydrogen-bond acceptors (Lipinski definition) is 4. The van der Waals surface area contributed by atoms with Crippen molar-refractivity contribution in [1.82, 2.24) is 0 Å². The van der Waals surface area contributed by atoms with Crippen LogP contribution in [0.15, 0.2) is 48.5 Å². The first-order chi connectivity index (χ1) is 12.5. The molecule has 1 saturated heterocycles. The molecule has 2 amide bonds. The first-order valence-electron chi connectivity index (χ1n) is 8.35. The van der Waals surface area contributed by atoms with Crippen molar-refractivity contribution in [3.05, 3.63) is 59.7 Å². The Morgan fingerprint density at radius 1 is 1.12 bits per heavy atom. The number of nitrogens with zero attached hydrogens (tertiary/aromatic N) is 1. The molecule has 0 spiro atoms. The van der Waals surface area contributed by atoms with Crippen LogP contribution >= 0.6 is 0 Å². The van der Waals surface area contributed by atoms with Crippen molar-refractivity contribution in [1.29, 1.82) is 0 Å². The maximum absolute atomic E-state index is 12.6. The Labute approximate surface area is 151 Å². The van der Waals surface area contributed by atoms with Crippen molar-refractivity contribution in [3.8, 4) is 0 Å². The summed E-state index contributed by atoms with van der Waals surface area (Å²) >= 11 is 0. The zero-order valence-electron chi connectivity index (χ0n) is 14.7. The Hall–Kier alpha value is -3.15. The summed E-state index contributed by atoms with van der Waals surface area (Å²) in [6, 6.07) is 14.2. The van der Waals surface area contributed by atoms with E-state index in [1.54, 1.807) is 24.3 Å². The number of benzene rings is 2. The zero-order valence-corrected chi connectivity index (χ0v) is 14.7. The quantitative estimate of drug-likeness (QED) is 0.859. The highest BCUT2D eigenvalue weighted by atomic mass is 16.5. The van der Waals surface area contributed by atoms with Gasteiger partial charge in [-0.1, -0.05) is 30.3 Å². The standard InChI is InChI=1S/C20H20N2O4/c1-13-7-3-5-9-16(13)21-19(24)14-11-18(23)22(12-14)17-10-6-4-8-15(17)20(25)26-2/h3-10,14H,11-12H2,1-2H3,(H,21,24). The SMILES string of the molecule is COC(=O)c1ccccc1N1CC(C(=O)Nc2ccccc2C)CC1=O. The van der Waals surface area contributed by atoms with E-state index < -0.39 is 11.9 Å². The molecule has 0 bridgehead atoms. The number of methoxy groups -OCH3 is 1. The molecule has 1 aliphatic heterocycles. The molecule has 134 valence electrons. The summed E-state index contributed by atoms with van der Waals surface area (Å²) in [5, 5.41) is 2.88. The average molecular weight is 352 g/mol. The Balaban J connectivity index is 1.78. The number of hydrogen-bond donors (Lipinski definition) is 1. The molecule has 2 aromatic carbocycles. The second kappa shape index (κ2) is 7.39. The van der Waals surface area contributed by atoms with Crippen molar-refractivity contribution in [2.75, 3.05) is 23.9 Å². The fourth-order valence-electron chi connectivity index (χ4n) is 3.06. The van der Waals surface area contributed by atoms with Crippen LogP contribution < -0.4 is 10.2 Å².